The third kappa shape index (κ3) is 14.0. The van der Waals surface area contributed by atoms with Crippen LogP contribution >= 0.6 is 0 Å². The summed E-state index contributed by atoms with van der Waals surface area (Å²) in [6, 6.07) is 28.7. The van der Waals surface area contributed by atoms with Gasteiger partial charge < -0.3 is 66.5 Å². The van der Waals surface area contributed by atoms with Crippen molar-refractivity contribution in [2.75, 3.05) is 38.7 Å². The van der Waals surface area contributed by atoms with Crippen molar-refractivity contribution in [2.45, 2.75) is 140 Å². The van der Waals surface area contributed by atoms with Crippen LogP contribution in [0.25, 0.3) is 10.8 Å². The number of aromatic hydroxyl groups is 3. The molecule has 4 aliphatic carbocycles. The molecule has 1 aromatic heterocycles. The van der Waals surface area contributed by atoms with Gasteiger partial charge in [0.1, 0.15) is 17.3 Å². The molecule has 2 aliphatic heterocycles. The van der Waals surface area contributed by atoms with Crippen molar-refractivity contribution >= 4 is 28.0 Å². The van der Waals surface area contributed by atoms with Crippen molar-refractivity contribution in [3.05, 3.63) is 171 Å². The molecule has 6 aliphatic rings. The SMILES string of the molecule is CCCC1C(O)Cc2cc(c[nH]2)C(C)CNCC(O)Cc2ccc3ccc(cc3c2O)NC2=CC(=CCN2)C2CC#CC3CC(CC(CO)C3Cc3cccc(O)c3CO)c3ccccc3C3C#CC4CC2CC1CC4C(=O)C(O)C(=O)CCc1cc(OC)c(O)cc13. The summed E-state index contributed by atoms with van der Waals surface area (Å²) in [5.74, 6) is 10.8. The third-order valence-electron chi connectivity index (χ3n) is 21.7. The number of aromatic nitrogens is 1. The number of H-pyrrole nitrogens is 1. The molecule has 15 heteroatoms. The van der Waals surface area contributed by atoms with E-state index < -0.39 is 47.6 Å². The van der Waals surface area contributed by atoms with Gasteiger partial charge in [-0.2, -0.15) is 0 Å². The zero-order valence-electron chi connectivity index (χ0n) is 53.6. The molecular formula is C78H90N4O11. The van der Waals surface area contributed by atoms with Crippen LogP contribution in [-0.4, -0.2) is 109 Å². The van der Waals surface area contributed by atoms with Gasteiger partial charge in [-0.25, -0.2) is 0 Å². The average molecular weight is 1260 g/mol. The standard InChI is InChI=1S/C78H90N4O11/c1-4-9-62-54-28-52-27-48-19-22-64(66-38-73(89)74(93-3)34-49(66)20-23-71(87)78(92)77(91)67(48)33-54)63-13-6-5-12-61(63)53-26-46(65(56(29-53)42-83)32-47-11-8-15-70(86)69(47)43-84)10-7-14-60(52)50-24-25-80-75(35-50)82-57-21-18-45-16-17-51(76(90)68(45)36-57)31-59(85)41-79-39-44(2)55-30-58(81-40-55)37-72(62)88/h5-6,8,11-13,15-18,21,24,30,34-36,38,40,44,46,48,52-54,56,59-60,62,64-65,67,72,78-86,88-90,92H,4,9,14,20,23,25-29,31-33,37,39,41-43H2,1-3H3. The number of aryl methyl sites for hydroxylation is 1. The second-order valence-corrected chi connectivity index (χ2v) is 27.5. The van der Waals surface area contributed by atoms with E-state index in [0.717, 1.165) is 51.0 Å². The molecule has 15 unspecified atom stereocenters. The minimum absolute atomic E-state index is 0.00921. The number of allylic oxidation sites excluding steroid dienone is 2. The molecule has 93 heavy (non-hydrogen) atoms. The Balaban J connectivity index is 1.07. The summed E-state index contributed by atoms with van der Waals surface area (Å²) in [5, 5.41) is 106. The van der Waals surface area contributed by atoms with Crippen LogP contribution in [0.5, 0.6) is 23.0 Å². The molecule has 488 valence electrons. The van der Waals surface area contributed by atoms with E-state index in [4.69, 9.17) is 4.74 Å². The van der Waals surface area contributed by atoms with Crippen molar-refractivity contribution in [2.24, 2.45) is 53.3 Å². The molecule has 12 rings (SSSR count). The Labute approximate surface area is 545 Å². The number of hydrogen-bond acceptors (Lipinski definition) is 14. The Bertz CT molecular complexity index is 3920. The minimum atomic E-state index is -1.93. The van der Waals surface area contributed by atoms with Gasteiger partial charge in [0, 0.05) is 98.2 Å². The summed E-state index contributed by atoms with van der Waals surface area (Å²) in [4.78, 5) is 33.8. The highest BCUT2D eigenvalue weighted by atomic mass is 16.5. The first-order chi connectivity index (χ1) is 45.1. The number of ether oxygens (including phenoxy) is 1. The van der Waals surface area contributed by atoms with E-state index >= 15 is 4.79 Å². The number of aliphatic hydroxyl groups is 5. The van der Waals surface area contributed by atoms with Crippen LogP contribution in [0.1, 0.15) is 140 Å². The normalized spacial score (nSPS) is 29.3. The van der Waals surface area contributed by atoms with Gasteiger partial charge in [0.05, 0.1) is 31.8 Å². The number of benzene rings is 5. The van der Waals surface area contributed by atoms with Crippen LogP contribution in [0.4, 0.5) is 5.69 Å². The molecule has 6 aromatic rings. The van der Waals surface area contributed by atoms with E-state index in [1.165, 1.54) is 7.11 Å². The fourth-order valence-corrected chi connectivity index (χ4v) is 16.8. The first kappa shape index (κ1) is 65.2. The highest BCUT2D eigenvalue weighted by Crippen LogP contribution is 2.51. The fourth-order valence-electron chi connectivity index (χ4n) is 16.8. The predicted molar refractivity (Wildman–Crippen MR) is 359 cm³/mol. The Hall–Kier alpha value is -7.86. The van der Waals surface area contributed by atoms with E-state index in [1.54, 1.807) is 24.3 Å². The molecule has 5 aromatic carbocycles. The maximum atomic E-state index is 15.7. The molecule has 15 atom stereocenters. The molecule has 3 heterocycles. The van der Waals surface area contributed by atoms with Crippen molar-refractivity contribution in [3.8, 4) is 46.7 Å². The number of phenols is 3. The number of aromatic amines is 1. The van der Waals surface area contributed by atoms with Crippen molar-refractivity contribution in [3.63, 3.8) is 0 Å². The molecular weight excluding hydrogens is 1170 g/mol. The van der Waals surface area contributed by atoms with Crippen LogP contribution in [0, 0.1) is 76.9 Å². The van der Waals surface area contributed by atoms with Gasteiger partial charge in [-0.15, -0.1) is 5.92 Å². The third-order valence-corrected chi connectivity index (χ3v) is 21.7. The number of Topliss-reactive ketones (excluding diaryl/α,β-unsaturated/α-hetero) is 2. The van der Waals surface area contributed by atoms with Gasteiger partial charge in [0.2, 0.25) is 0 Å². The molecule has 0 spiro atoms. The first-order valence-electron chi connectivity index (χ1n) is 33.7. The van der Waals surface area contributed by atoms with Gasteiger partial charge in [0.25, 0.3) is 0 Å². The summed E-state index contributed by atoms with van der Waals surface area (Å²) in [6.45, 7) is 5.07. The molecule has 2 saturated carbocycles. The molecule has 0 saturated heterocycles. The smallest absolute Gasteiger partial charge is 0.173 e. The number of nitrogens with one attached hydrogen (secondary N) is 4. The Kier molecular flexibility index (Phi) is 20.2. The number of rotatable bonds is 7. The number of β-amino-alcohol motifs (C(OH)–C–C–N with tert-alkyl or cyclic N) is 1. The van der Waals surface area contributed by atoms with E-state index in [0.29, 0.717) is 104 Å². The maximum absolute atomic E-state index is 15.7. The topological polar surface area (TPSA) is 257 Å². The highest BCUT2D eigenvalue weighted by molar-refractivity contribution is 6.06. The predicted octanol–water partition coefficient (Wildman–Crippen LogP) is 10.1. The number of dihydropyridines is 1. The quantitative estimate of drug-likeness (QED) is 0.0525. The van der Waals surface area contributed by atoms with Gasteiger partial charge in [0.15, 0.2) is 29.2 Å². The molecule has 15 nitrogen and oxygen atoms in total. The Morgan fingerprint density at radius 3 is 2.38 bits per heavy atom. The second kappa shape index (κ2) is 28.8. The summed E-state index contributed by atoms with van der Waals surface area (Å²) >= 11 is 0. The minimum Gasteiger partial charge on any atom is -0.508 e. The highest BCUT2D eigenvalue weighted by Gasteiger charge is 2.46. The van der Waals surface area contributed by atoms with Crippen molar-refractivity contribution < 1.29 is 55.2 Å². The number of aliphatic hydroxyl groups excluding tert-OH is 5. The monoisotopic (exact) mass is 1260 g/mol. The summed E-state index contributed by atoms with van der Waals surface area (Å²) < 4.78 is 5.70. The van der Waals surface area contributed by atoms with E-state index in [9.17, 15) is 45.6 Å². The molecule has 12 N–H and O–H groups in total. The second-order valence-electron chi connectivity index (χ2n) is 27.5. The van der Waals surface area contributed by atoms with E-state index in [2.05, 4.69) is 88.8 Å². The molecule has 0 radical (unpaired) electrons. The number of methoxy groups -OCH3 is 1. The Morgan fingerprint density at radius 2 is 1.57 bits per heavy atom. The number of hydrogen-bond donors (Lipinski definition) is 12. The number of carbonyl (C=O) groups is 2. The van der Waals surface area contributed by atoms with E-state index in [-0.39, 0.29) is 115 Å². The van der Waals surface area contributed by atoms with Crippen LogP contribution in [-0.2, 0) is 41.9 Å². The molecule has 13 bridgehead atoms. The zero-order valence-corrected chi connectivity index (χ0v) is 53.6. The average Bonchev–Trinajstić information content (AvgIpc) is 1.65. The van der Waals surface area contributed by atoms with Crippen molar-refractivity contribution in [1.29, 1.82) is 0 Å². The summed E-state index contributed by atoms with van der Waals surface area (Å²) in [7, 11) is 1.47. The maximum Gasteiger partial charge on any atom is 0.173 e. The van der Waals surface area contributed by atoms with Gasteiger partial charge in [-0.05, 0) is 191 Å². The number of carbonyl (C=O) groups excluding carboxylic acids is 2. The van der Waals surface area contributed by atoms with E-state index in [1.807, 2.05) is 54.7 Å². The van der Waals surface area contributed by atoms with Crippen molar-refractivity contribution in [1.82, 2.24) is 15.6 Å². The number of phenolic OH excluding ortho intramolecular Hbond substituents is 2. The Morgan fingerprint density at radius 1 is 0.742 bits per heavy atom. The lowest BCUT2D eigenvalue weighted by molar-refractivity contribution is -0.142. The largest absolute Gasteiger partial charge is 0.508 e. The lowest BCUT2D eigenvalue weighted by atomic mass is 9.63. The summed E-state index contributed by atoms with van der Waals surface area (Å²) in [6.07, 6.45) is 7.86. The number of ketones is 2. The van der Waals surface area contributed by atoms with Gasteiger partial charge in [-0.3, -0.25) is 9.59 Å². The summed E-state index contributed by atoms with van der Waals surface area (Å²) in [5.41, 5.74) is 8.76. The van der Waals surface area contributed by atoms with Gasteiger partial charge in [-0.1, -0.05) is 98.7 Å². The number of fused-ring (bicyclic) bond motifs is 15. The lowest BCUT2D eigenvalue weighted by Crippen LogP contribution is -2.40. The lowest BCUT2D eigenvalue weighted by Gasteiger charge is -2.41. The fraction of sp³-hybridized carbons (Fsp3) is 0.462. The van der Waals surface area contributed by atoms with Crippen LogP contribution in [0.2, 0.25) is 0 Å². The number of anilines is 1. The van der Waals surface area contributed by atoms with Crippen LogP contribution in [0.3, 0.4) is 0 Å². The van der Waals surface area contributed by atoms with Gasteiger partial charge >= 0.3 is 0 Å². The van der Waals surface area contributed by atoms with Crippen LogP contribution in [0.15, 0.2) is 121 Å². The zero-order chi connectivity index (χ0) is 65.0. The molecule has 0 amide bonds. The first-order valence-corrected chi connectivity index (χ1v) is 33.7. The van der Waals surface area contributed by atoms with Crippen LogP contribution < -0.4 is 20.7 Å². The molecule has 2 fully saturated rings.